The topological polar surface area (TPSA) is 26.0 Å². The summed E-state index contributed by atoms with van der Waals surface area (Å²) < 4.78 is 0. The average molecular weight is 219 g/mol. The van der Waals surface area contributed by atoms with E-state index < -0.39 is 0 Å². The van der Waals surface area contributed by atoms with Crippen LogP contribution in [-0.4, -0.2) is 6.54 Å². The largest absolute Gasteiger partial charge is 0.330 e. The molecule has 2 N–H and O–H groups in total. The van der Waals surface area contributed by atoms with E-state index in [4.69, 9.17) is 5.73 Å². The molecular weight excluding hydrogens is 194 g/mol. The minimum atomic E-state index is 0.424. The van der Waals surface area contributed by atoms with Crippen molar-refractivity contribution in [1.82, 2.24) is 0 Å². The number of benzene rings is 1. The number of rotatable bonds is 5. The third-order valence-corrected chi connectivity index (χ3v) is 2.82. The Morgan fingerprint density at radius 3 is 2.25 bits per heavy atom. The Kier molecular flexibility index (Phi) is 5.01. The van der Waals surface area contributed by atoms with Gasteiger partial charge < -0.3 is 5.73 Å². The lowest BCUT2D eigenvalue weighted by Crippen LogP contribution is -2.06. The molecular formula is C15H25N. The molecule has 0 atom stereocenters. The van der Waals surface area contributed by atoms with Gasteiger partial charge in [0.05, 0.1) is 0 Å². The summed E-state index contributed by atoms with van der Waals surface area (Å²) in [5, 5.41) is 0. The molecule has 0 aromatic heterocycles. The SMILES string of the molecule is CC(C)(C)CCc1cccc(CCCN)c1. The van der Waals surface area contributed by atoms with Crippen molar-refractivity contribution in [2.45, 2.75) is 46.5 Å². The van der Waals surface area contributed by atoms with Crippen molar-refractivity contribution in [2.24, 2.45) is 11.1 Å². The Balaban J connectivity index is 2.53. The van der Waals surface area contributed by atoms with Crippen molar-refractivity contribution in [1.29, 1.82) is 0 Å². The molecule has 0 aliphatic heterocycles. The Morgan fingerprint density at radius 2 is 1.69 bits per heavy atom. The molecule has 0 radical (unpaired) electrons. The second-order valence-electron chi connectivity index (χ2n) is 5.77. The lowest BCUT2D eigenvalue weighted by Gasteiger charge is -2.17. The number of nitrogens with two attached hydrogens (primary N) is 1. The number of aryl methyl sites for hydroxylation is 2. The summed E-state index contributed by atoms with van der Waals surface area (Å²) in [7, 11) is 0. The molecule has 90 valence electrons. The van der Waals surface area contributed by atoms with E-state index in [2.05, 4.69) is 45.0 Å². The first-order valence-corrected chi connectivity index (χ1v) is 6.29. The lowest BCUT2D eigenvalue weighted by atomic mass is 9.88. The van der Waals surface area contributed by atoms with Crippen LogP contribution >= 0.6 is 0 Å². The summed E-state index contributed by atoms with van der Waals surface area (Å²) in [6.45, 7) is 7.67. The fraction of sp³-hybridized carbons (Fsp3) is 0.600. The number of hydrogen-bond donors (Lipinski definition) is 1. The molecule has 16 heavy (non-hydrogen) atoms. The van der Waals surface area contributed by atoms with Gasteiger partial charge in [-0.2, -0.15) is 0 Å². The highest BCUT2D eigenvalue weighted by atomic mass is 14.5. The molecule has 0 saturated heterocycles. The predicted molar refractivity (Wildman–Crippen MR) is 71.6 cm³/mol. The molecule has 1 heteroatoms. The maximum Gasteiger partial charge on any atom is -0.00741 e. The van der Waals surface area contributed by atoms with Crippen molar-refractivity contribution >= 4 is 0 Å². The van der Waals surface area contributed by atoms with E-state index in [-0.39, 0.29) is 0 Å². The standard InChI is InChI=1S/C15H25N/c1-15(2,3)10-9-14-7-4-6-13(12-14)8-5-11-16/h4,6-7,12H,5,8-11,16H2,1-3H3. The fourth-order valence-electron chi connectivity index (χ4n) is 1.77. The molecule has 0 aliphatic carbocycles. The highest BCUT2D eigenvalue weighted by molar-refractivity contribution is 5.23. The molecule has 0 saturated carbocycles. The van der Waals surface area contributed by atoms with Gasteiger partial charge in [-0.05, 0) is 48.8 Å². The summed E-state index contributed by atoms with van der Waals surface area (Å²) in [5.41, 5.74) is 8.84. The third-order valence-electron chi connectivity index (χ3n) is 2.82. The molecule has 1 aromatic rings. The van der Waals surface area contributed by atoms with Gasteiger partial charge in [-0.3, -0.25) is 0 Å². The van der Waals surface area contributed by atoms with Gasteiger partial charge in [0.2, 0.25) is 0 Å². The molecule has 0 bridgehead atoms. The monoisotopic (exact) mass is 219 g/mol. The summed E-state index contributed by atoms with van der Waals surface area (Å²) in [4.78, 5) is 0. The van der Waals surface area contributed by atoms with Crippen LogP contribution < -0.4 is 5.73 Å². The van der Waals surface area contributed by atoms with Crippen LogP contribution in [0.15, 0.2) is 24.3 Å². The van der Waals surface area contributed by atoms with Crippen LogP contribution in [-0.2, 0) is 12.8 Å². The highest BCUT2D eigenvalue weighted by Crippen LogP contribution is 2.21. The molecule has 0 unspecified atom stereocenters. The van der Waals surface area contributed by atoms with Crippen LogP contribution in [0.1, 0.15) is 44.7 Å². The van der Waals surface area contributed by atoms with E-state index in [1.54, 1.807) is 0 Å². The van der Waals surface area contributed by atoms with E-state index in [0.29, 0.717) is 5.41 Å². The zero-order valence-electron chi connectivity index (χ0n) is 10.9. The molecule has 0 fully saturated rings. The summed E-state index contributed by atoms with van der Waals surface area (Å²) in [6, 6.07) is 8.94. The zero-order chi connectivity index (χ0) is 12.0. The molecule has 0 spiro atoms. The van der Waals surface area contributed by atoms with Gasteiger partial charge in [0.1, 0.15) is 0 Å². The fourth-order valence-corrected chi connectivity index (χ4v) is 1.77. The van der Waals surface area contributed by atoms with Crippen molar-refractivity contribution < 1.29 is 0 Å². The molecule has 1 nitrogen and oxygen atoms in total. The maximum absolute atomic E-state index is 5.53. The first-order chi connectivity index (χ1) is 7.51. The molecule has 0 heterocycles. The van der Waals surface area contributed by atoms with Gasteiger partial charge in [-0.25, -0.2) is 0 Å². The summed E-state index contributed by atoms with van der Waals surface area (Å²) in [5.74, 6) is 0. The molecule has 0 amide bonds. The zero-order valence-corrected chi connectivity index (χ0v) is 10.9. The van der Waals surface area contributed by atoms with Gasteiger partial charge in [0.15, 0.2) is 0 Å². The second-order valence-corrected chi connectivity index (χ2v) is 5.77. The van der Waals surface area contributed by atoms with Crippen LogP contribution in [0.4, 0.5) is 0 Å². The normalized spacial score (nSPS) is 11.8. The van der Waals surface area contributed by atoms with Crippen molar-refractivity contribution in [3.8, 4) is 0 Å². The first kappa shape index (κ1) is 13.2. The van der Waals surface area contributed by atoms with Crippen molar-refractivity contribution in [3.05, 3.63) is 35.4 Å². The van der Waals surface area contributed by atoms with Gasteiger partial charge >= 0.3 is 0 Å². The van der Waals surface area contributed by atoms with Gasteiger partial charge in [0, 0.05) is 0 Å². The smallest absolute Gasteiger partial charge is 0.00741 e. The van der Waals surface area contributed by atoms with Gasteiger partial charge in [-0.1, -0.05) is 45.0 Å². The Morgan fingerprint density at radius 1 is 1.06 bits per heavy atom. The second kappa shape index (κ2) is 6.05. The van der Waals surface area contributed by atoms with Crippen LogP contribution in [0.25, 0.3) is 0 Å². The third kappa shape index (κ3) is 5.32. The summed E-state index contributed by atoms with van der Waals surface area (Å²) in [6.07, 6.45) is 4.62. The molecule has 1 rings (SSSR count). The van der Waals surface area contributed by atoms with E-state index in [1.807, 2.05) is 0 Å². The number of hydrogen-bond acceptors (Lipinski definition) is 1. The van der Waals surface area contributed by atoms with Crippen LogP contribution in [0, 0.1) is 5.41 Å². The van der Waals surface area contributed by atoms with E-state index in [9.17, 15) is 0 Å². The quantitative estimate of drug-likeness (QED) is 0.805. The van der Waals surface area contributed by atoms with Crippen LogP contribution in [0.2, 0.25) is 0 Å². The minimum absolute atomic E-state index is 0.424. The van der Waals surface area contributed by atoms with Crippen LogP contribution in [0.5, 0.6) is 0 Å². The van der Waals surface area contributed by atoms with E-state index in [1.165, 1.54) is 24.0 Å². The highest BCUT2D eigenvalue weighted by Gasteiger charge is 2.09. The maximum atomic E-state index is 5.53. The first-order valence-electron chi connectivity index (χ1n) is 6.29. The van der Waals surface area contributed by atoms with E-state index >= 15 is 0 Å². The van der Waals surface area contributed by atoms with E-state index in [0.717, 1.165) is 19.4 Å². The summed E-state index contributed by atoms with van der Waals surface area (Å²) >= 11 is 0. The van der Waals surface area contributed by atoms with Gasteiger partial charge in [-0.15, -0.1) is 0 Å². The Labute approximate surface area is 100 Å². The Hall–Kier alpha value is -0.820. The molecule has 0 aliphatic rings. The van der Waals surface area contributed by atoms with Crippen molar-refractivity contribution in [2.75, 3.05) is 6.54 Å². The molecule has 1 aromatic carbocycles. The average Bonchev–Trinajstić information content (AvgIpc) is 2.23. The predicted octanol–water partition coefficient (Wildman–Crippen LogP) is 3.56. The van der Waals surface area contributed by atoms with Crippen LogP contribution in [0.3, 0.4) is 0 Å². The van der Waals surface area contributed by atoms with Crippen molar-refractivity contribution in [3.63, 3.8) is 0 Å². The minimum Gasteiger partial charge on any atom is -0.330 e. The lowest BCUT2D eigenvalue weighted by molar-refractivity contribution is 0.378. The Bertz CT molecular complexity index is 309. The van der Waals surface area contributed by atoms with Gasteiger partial charge in [0.25, 0.3) is 0 Å².